The molecule has 19 heavy (non-hydrogen) atoms. The highest BCUT2D eigenvalue weighted by atomic mass is 16.5. The molecule has 0 aliphatic carbocycles. The summed E-state index contributed by atoms with van der Waals surface area (Å²) in [6, 6.07) is 8.04. The van der Waals surface area contributed by atoms with Gasteiger partial charge in [-0.25, -0.2) is 0 Å². The largest absolute Gasteiger partial charge is 0.382 e. The third-order valence-electron chi connectivity index (χ3n) is 3.37. The van der Waals surface area contributed by atoms with Gasteiger partial charge in [0, 0.05) is 32.9 Å². The Kier molecular flexibility index (Phi) is 4.80. The van der Waals surface area contributed by atoms with Crippen molar-refractivity contribution in [2.45, 2.75) is 25.4 Å². The molecule has 0 bridgehead atoms. The van der Waals surface area contributed by atoms with Crippen molar-refractivity contribution in [2.24, 2.45) is 0 Å². The molecule has 1 amide bonds. The number of carbonyl (C=O) groups excluding carboxylic acids is 1. The Morgan fingerprint density at radius 3 is 2.68 bits per heavy atom. The summed E-state index contributed by atoms with van der Waals surface area (Å²) in [7, 11) is 3.56. The van der Waals surface area contributed by atoms with E-state index < -0.39 is 0 Å². The molecule has 0 saturated carbocycles. The third-order valence-corrected chi connectivity index (χ3v) is 3.37. The lowest BCUT2D eigenvalue weighted by Crippen LogP contribution is -2.23. The monoisotopic (exact) mass is 262 g/mol. The van der Waals surface area contributed by atoms with E-state index in [-0.39, 0.29) is 5.91 Å². The number of nitrogens with one attached hydrogen (secondary N) is 1. The fourth-order valence-electron chi connectivity index (χ4n) is 2.11. The second kappa shape index (κ2) is 6.57. The highest BCUT2D eigenvalue weighted by Gasteiger charge is 2.14. The molecule has 1 N–H and O–H groups in total. The molecule has 0 spiro atoms. The Hall–Kier alpha value is -1.55. The summed E-state index contributed by atoms with van der Waals surface area (Å²) >= 11 is 0. The molecule has 104 valence electrons. The van der Waals surface area contributed by atoms with Gasteiger partial charge in [-0.2, -0.15) is 0 Å². The molecular weight excluding hydrogens is 240 g/mol. The normalized spacial score (nSPS) is 18.3. The van der Waals surface area contributed by atoms with Crippen molar-refractivity contribution < 1.29 is 9.53 Å². The summed E-state index contributed by atoms with van der Waals surface area (Å²) in [5, 5.41) is 3.37. The SMILES string of the molecule is CN(C)C(=O)Cc1ccc(NCC2CCCO2)cc1. The van der Waals surface area contributed by atoms with E-state index in [0.717, 1.165) is 37.2 Å². The standard InChI is InChI=1S/C15H22N2O2/c1-17(2)15(18)10-12-5-7-13(8-6-12)16-11-14-4-3-9-19-14/h5-8,14,16H,3-4,9-11H2,1-2H3. The lowest BCUT2D eigenvalue weighted by Gasteiger charge is -2.13. The van der Waals surface area contributed by atoms with E-state index in [0.29, 0.717) is 12.5 Å². The maximum Gasteiger partial charge on any atom is 0.226 e. The smallest absolute Gasteiger partial charge is 0.226 e. The van der Waals surface area contributed by atoms with Crippen LogP contribution in [0, 0.1) is 0 Å². The van der Waals surface area contributed by atoms with Crippen LogP contribution in [0.2, 0.25) is 0 Å². The van der Waals surface area contributed by atoms with E-state index in [2.05, 4.69) is 5.32 Å². The van der Waals surface area contributed by atoms with Crippen molar-refractivity contribution in [2.75, 3.05) is 32.6 Å². The number of anilines is 1. The minimum atomic E-state index is 0.125. The van der Waals surface area contributed by atoms with Crippen LogP contribution in [-0.2, 0) is 16.0 Å². The van der Waals surface area contributed by atoms with Crippen LogP contribution in [0.3, 0.4) is 0 Å². The summed E-state index contributed by atoms with van der Waals surface area (Å²) in [5.74, 6) is 0.125. The van der Waals surface area contributed by atoms with E-state index in [1.54, 1.807) is 19.0 Å². The van der Waals surface area contributed by atoms with Gasteiger partial charge >= 0.3 is 0 Å². The molecule has 4 heteroatoms. The number of ether oxygens (including phenoxy) is 1. The number of nitrogens with zero attached hydrogens (tertiary/aromatic N) is 1. The molecule has 1 aromatic carbocycles. The number of hydrogen-bond donors (Lipinski definition) is 1. The summed E-state index contributed by atoms with van der Waals surface area (Å²) in [6.07, 6.45) is 3.11. The first kappa shape index (κ1) is 13.9. The van der Waals surface area contributed by atoms with Crippen molar-refractivity contribution in [3.8, 4) is 0 Å². The lowest BCUT2D eigenvalue weighted by molar-refractivity contribution is -0.127. The maximum atomic E-state index is 11.6. The molecule has 1 aromatic rings. The van der Waals surface area contributed by atoms with Crippen molar-refractivity contribution in [1.29, 1.82) is 0 Å². The van der Waals surface area contributed by atoms with Gasteiger partial charge in [-0.3, -0.25) is 4.79 Å². The van der Waals surface area contributed by atoms with Crippen LogP contribution in [0.5, 0.6) is 0 Å². The van der Waals surface area contributed by atoms with E-state index in [1.807, 2.05) is 24.3 Å². The fraction of sp³-hybridized carbons (Fsp3) is 0.533. The third kappa shape index (κ3) is 4.24. The Morgan fingerprint density at radius 2 is 2.11 bits per heavy atom. The van der Waals surface area contributed by atoms with Crippen LogP contribution < -0.4 is 5.32 Å². The number of amides is 1. The number of hydrogen-bond acceptors (Lipinski definition) is 3. The van der Waals surface area contributed by atoms with Gasteiger partial charge in [0.25, 0.3) is 0 Å². The minimum absolute atomic E-state index is 0.125. The maximum absolute atomic E-state index is 11.6. The van der Waals surface area contributed by atoms with Gasteiger partial charge in [-0.05, 0) is 30.5 Å². The highest BCUT2D eigenvalue weighted by Crippen LogP contribution is 2.15. The molecule has 0 aromatic heterocycles. The summed E-state index contributed by atoms with van der Waals surface area (Å²) in [6.45, 7) is 1.74. The van der Waals surface area contributed by atoms with Crippen LogP contribution in [0.15, 0.2) is 24.3 Å². The molecule has 1 fully saturated rings. The zero-order chi connectivity index (χ0) is 13.7. The average molecular weight is 262 g/mol. The molecule has 1 unspecified atom stereocenters. The van der Waals surface area contributed by atoms with Crippen LogP contribution >= 0.6 is 0 Å². The molecule has 1 heterocycles. The molecule has 1 aliphatic rings. The molecule has 1 atom stereocenters. The Morgan fingerprint density at radius 1 is 1.37 bits per heavy atom. The predicted octanol–water partition coefficient (Wildman–Crippen LogP) is 1.91. The average Bonchev–Trinajstić information content (AvgIpc) is 2.91. The first-order valence-corrected chi connectivity index (χ1v) is 6.80. The lowest BCUT2D eigenvalue weighted by atomic mass is 10.1. The molecule has 1 saturated heterocycles. The fourth-order valence-corrected chi connectivity index (χ4v) is 2.11. The van der Waals surface area contributed by atoms with Crippen molar-refractivity contribution >= 4 is 11.6 Å². The quantitative estimate of drug-likeness (QED) is 0.881. The van der Waals surface area contributed by atoms with E-state index in [1.165, 1.54) is 0 Å². The summed E-state index contributed by atoms with van der Waals surface area (Å²) < 4.78 is 5.56. The molecule has 0 radical (unpaired) electrons. The minimum Gasteiger partial charge on any atom is -0.382 e. The van der Waals surface area contributed by atoms with Gasteiger partial charge in [0.1, 0.15) is 0 Å². The zero-order valence-electron chi connectivity index (χ0n) is 11.7. The van der Waals surface area contributed by atoms with Crippen molar-refractivity contribution in [3.05, 3.63) is 29.8 Å². The van der Waals surface area contributed by atoms with Crippen LogP contribution in [-0.4, -0.2) is 44.2 Å². The van der Waals surface area contributed by atoms with Crippen molar-refractivity contribution in [1.82, 2.24) is 4.90 Å². The highest BCUT2D eigenvalue weighted by molar-refractivity contribution is 5.78. The number of likely N-dealkylation sites (N-methyl/N-ethyl adjacent to an activating group) is 1. The Balaban J connectivity index is 1.82. The van der Waals surface area contributed by atoms with Gasteiger partial charge in [0.15, 0.2) is 0 Å². The molecule has 1 aliphatic heterocycles. The Bertz CT molecular complexity index is 409. The van der Waals surface area contributed by atoms with Gasteiger partial charge in [-0.15, -0.1) is 0 Å². The molecule has 4 nitrogen and oxygen atoms in total. The van der Waals surface area contributed by atoms with Gasteiger partial charge in [-0.1, -0.05) is 12.1 Å². The topological polar surface area (TPSA) is 41.6 Å². The summed E-state index contributed by atoms with van der Waals surface area (Å²) in [4.78, 5) is 13.2. The van der Waals surface area contributed by atoms with Crippen LogP contribution in [0.1, 0.15) is 18.4 Å². The first-order valence-electron chi connectivity index (χ1n) is 6.80. The van der Waals surface area contributed by atoms with E-state index in [4.69, 9.17) is 4.74 Å². The second-order valence-corrected chi connectivity index (χ2v) is 5.18. The zero-order valence-corrected chi connectivity index (χ0v) is 11.7. The van der Waals surface area contributed by atoms with Gasteiger partial charge < -0.3 is 15.0 Å². The van der Waals surface area contributed by atoms with Crippen LogP contribution in [0.4, 0.5) is 5.69 Å². The Labute approximate surface area is 114 Å². The number of carbonyl (C=O) groups is 1. The molecule has 2 rings (SSSR count). The van der Waals surface area contributed by atoms with Crippen LogP contribution in [0.25, 0.3) is 0 Å². The first-order chi connectivity index (χ1) is 9.15. The predicted molar refractivity (Wildman–Crippen MR) is 76.3 cm³/mol. The van der Waals surface area contributed by atoms with Gasteiger partial charge in [0.05, 0.1) is 12.5 Å². The van der Waals surface area contributed by atoms with E-state index >= 15 is 0 Å². The van der Waals surface area contributed by atoms with Crippen molar-refractivity contribution in [3.63, 3.8) is 0 Å². The number of rotatable bonds is 5. The molecular formula is C15H22N2O2. The second-order valence-electron chi connectivity index (χ2n) is 5.18. The number of benzene rings is 1. The van der Waals surface area contributed by atoms with Gasteiger partial charge in [0.2, 0.25) is 5.91 Å². The summed E-state index contributed by atoms with van der Waals surface area (Å²) in [5.41, 5.74) is 2.12. The van der Waals surface area contributed by atoms with E-state index in [9.17, 15) is 4.79 Å².